The topological polar surface area (TPSA) is 46.9 Å². The molecule has 2 heterocycles. The second kappa shape index (κ2) is 6.87. The fourth-order valence-electron chi connectivity index (χ4n) is 3.48. The van der Waals surface area contributed by atoms with Gasteiger partial charge in [0.05, 0.1) is 29.7 Å². The number of nitrogens with one attached hydrogen (secondary N) is 1. The molecule has 1 saturated carbocycles. The highest BCUT2D eigenvalue weighted by molar-refractivity contribution is 7.19. The second-order valence-electron chi connectivity index (χ2n) is 7.04. The van der Waals surface area contributed by atoms with Gasteiger partial charge in [0.15, 0.2) is 0 Å². The van der Waals surface area contributed by atoms with E-state index < -0.39 is 0 Å². The van der Waals surface area contributed by atoms with Gasteiger partial charge in [0.25, 0.3) is 5.91 Å². The van der Waals surface area contributed by atoms with E-state index in [-0.39, 0.29) is 11.7 Å². The van der Waals surface area contributed by atoms with E-state index in [1.807, 2.05) is 41.1 Å². The number of amides is 1. The third-order valence-corrected chi connectivity index (χ3v) is 6.08. The highest BCUT2D eigenvalue weighted by atomic mass is 32.1. The van der Waals surface area contributed by atoms with Crippen molar-refractivity contribution in [3.63, 3.8) is 0 Å². The summed E-state index contributed by atoms with van der Waals surface area (Å²) >= 11 is 1.57. The first-order valence-corrected chi connectivity index (χ1v) is 10.1. The molecule has 1 fully saturated rings. The van der Waals surface area contributed by atoms with Crippen LogP contribution in [0.2, 0.25) is 0 Å². The molecular formula is C22H18FN3OS. The Balaban J connectivity index is 1.38. The van der Waals surface area contributed by atoms with Crippen LogP contribution in [-0.4, -0.2) is 15.7 Å². The number of carbonyl (C=O) groups excluding carboxylic acids is 1. The van der Waals surface area contributed by atoms with Crippen LogP contribution in [0.5, 0.6) is 0 Å². The summed E-state index contributed by atoms with van der Waals surface area (Å²) in [7, 11) is 0. The van der Waals surface area contributed by atoms with Crippen LogP contribution >= 0.6 is 11.3 Å². The minimum absolute atomic E-state index is 0.118. The molecule has 6 heteroatoms. The Labute approximate surface area is 165 Å². The number of para-hydroxylation sites is 1. The molecule has 0 radical (unpaired) electrons. The Bertz CT molecular complexity index is 1160. The zero-order valence-corrected chi connectivity index (χ0v) is 15.9. The van der Waals surface area contributed by atoms with Crippen molar-refractivity contribution in [3.05, 3.63) is 82.7 Å². The zero-order valence-electron chi connectivity index (χ0n) is 15.1. The molecule has 28 heavy (non-hydrogen) atoms. The van der Waals surface area contributed by atoms with Crippen LogP contribution in [0.4, 0.5) is 4.39 Å². The number of hydrogen-bond acceptors (Lipinski definition) is 3. The van der Waals surface area contributed by atoms with Crippen LogP contribution in [0.25, 0.3) is 15.8 Å². The first-order chi connectivity index (χ1) is 13.7. The molecule has 2 aromatic heterocycles. The third-order valence-electron chi connectivity index (χ3n) is 4.97. The molecule has 140 valence electrons. The van der Waals surface area contributed by atoms with Gasteiger partial charge in [-0.05, 0) is 54.6 Å². The smallest absolute Gasteiger partial charge is 0.255 e. The summed E-state index contributed by atoms with van der Waals surface area (Å²) in [6.07, 6.45) is 3.83. The van der Waals surface area contributed by atoms with E-state index in [4.69, 9.17) is 0 Å². The van der Waals surface area contributed by atoms with Crippen molar-refractivity contribution in [2.24, 2.45) is 0 Å². The number of nitrogens with zero attached hydrogens (tertiary/aromatic N) is 2. The van der Waals surface area contributed by atoms with Crippen LogP contribution in [-0.2, 0) is 6.54 Å². The summed E-state index contributed by atoms with van der Waals surface area (Å²) in [6.45, 7) is 0.417. The van der Waals surface area contributed by atoms with Crippen molar-refractivity contribution in [3.8, 4) is 5.69 Å². The molecule has 1 N–H and O–H groups in total. The summed E-state index contributed by atoms with van der Waals surface area (Å²) < 4.78 is 16.3. The largest absolute Gasteiger partial charge is 0.347 e. The predicted octanol–water partition coefficient (Wildman–Crippen LogP) is 5.03. The quantitative estimate of drug-likeness (QED) is 0.518. The van der Waals surface area contributed by atoms with E-state index in [2.05, 4.69) is 10.4 Å². The lowest BCUT2D eigenvalue weighted by Crippen LogP contribution is -2.23. The Morgan fingerprint density at radius 3 is 2.79 bits per heavy atom. The standard InChI is InChI=1S/C22H18FN3OS/c23-16-8-9-20-15(10-16)11-18(28-20)12-24-22(27)19-13-25-26(21(19)14-6-7-14)17-4-2-1-3-5-17/h1-5,8-11,13-14H,6-7,12H2,(H,24,27). The monoisotopic (exact) mass is 391 g/mol. The summed E-state index contributed by atoms with van der Waals surface area (Å²) in [6, 6.07) is 16.6. The number of hydrogen-bond donors (Lipinski definition) is 1. The maximum Gasteiger partial charge on any atom is 0.255 e. The lowest BCUT2D eigenvalue weighted by molar-refractivity contribution is 0.0950. The van der Waals surface area contributed by atoms with Crippen LogP contribution in [0.3, 0.4) is 0 Å². The average molecular weight is 391 g/mol. The Morgan fingerprint density at radius 2 is 2.00 bits per heavy atom. The first kappa shape index (κ1) is 17.1. The highest BCUT2D eigenvalue weighted by Crippen LogP contribution is 2.42. The van der Waals surface area contributed by atoms with Crippen LogP contribution in [0.1, 0.15) is 39.7 Å². The molecule has 1 aliphatic rings. The minimum Gasteiger partial charge on any atom is -0.347 e. The molecule has 0 atom stereocenters. The fraction of sp³-hybridized carbons (Fsp3) is 0.182. The molecule has 2 aromatic carbocycles. The van der Waals surface area contributed by atoms with Crippen molar-refractivity contribution in [2.75, 3.05) is 0 Å². The average Bonchev–Trinajstić information content (AvgIpc) is 3.32. The first-order valence-electron chi connectivity index (χ1n) is 9.28. The van der Waals surface area contributed by atoms with Crippen LogP contribution < -0.4 is 5.32 Å². The van der Waals surface area contributed by atoms with E-state index in [9.17, 15) is 9.18 Å². The number of benzene rings is 2. The van der Waals surface area contributed by atoms with Crippen molar-refractivity contribution >= 4 is 27.3 Å². The van der Waals surface area contributed by atoms with Gasteiger partial charge >= 0.3 is 0 Å². The summed E-state index contributed by atoms with van der Waals surface area (Å²) in [4.78, 5) is 13.9. The number of halogens is 1. The van der Waals surface area contributed by atoms with E-state index in [1.54, 1.807) is 23.6 Å². The SMILES string of the molecule is O=C(NCc1cc2cc(F)ccc2s1)c1cnn(-c2ccccc2)c1C1CC1. The van der Waals surface area contributed by atoms with Gasteiger partial charge in [-0.3, -0.25) is 4.79 Å². The molecule has 4 aromatic rings. The molecule has 0 unspecified atom stereocenters. The van der Waals surface area contributed by atoms with Crippen LogP contribution in [0, 0.1) is 5.82 Å². The number of aromatic nitrogens is 2. The van der Waals surface area contributed by atoms with Gasteiger partial charge in [0.1, 0.15) is 5.82 Å². The normalized spacial score (nSPS) is 13.8. The number of fused-ring (bicyclic) bond motifs is 1. The Morgan fingerprint density at radius 1 is 1.18 bits per heavy atom. The van der Waals surface area contributed by atoms with Crippen LogP contribution in [0.15, 0.2) is 60.8 Å². The van der Waals surface area contributed by atoms with Gasteiger partial charge in [-0.2, -0.15) is 5.10 Å². The van der Waals surface area contributed by atoms with Gasteiger partial charge in [-0.1, -0.05) is 18.2 Å². The molecule has 1 aliphatic carbocycles. The predicted molar refractivity (Wildman–Crippen MR) is 108 cm³/mol. The Hall–Kier alpha value is -2.99. The molecule has 0 bridgehead atoms. The lowest BCUT2D eigenvalue weighted by atomic mass is 10.1. The van der Waals surface area contributed by atoms with E-state index in [0.717, 1.165) is 39.2 Å². The van der Waals surface area contributed by atoms with E-state index in [1.165, 1.54) is 12.1 Å². The maximum absolute atomic E-state index is 13.4. The van der Waals surface area contributed by atoms with Gasteiger partial charge in [0, 0.05) is 15.5 Å². The van der Waals surface area contributed by atoms with Crippen molar-refractivity contribution in [1.29, 1.82) is 0 Å². The molecule has 0 saturated heterocycles. The lowest BCUT2D eigenvalue weighted by Gasteiger charge is -2.09. The van der Waals surface area contributed by atoms with E-state index >= 15 is 0 Å². The molecular weight excluding hydrogens is 373 g/mol. The maximum atomic E-state index is 13.4. The highest BCUT2D eigenvalue weighted by Gasteiger charge is 2.32. The fourth-order valence-corrected chi connectivity index (χ4v) is 4.46. The van der Waals surface area contributed by atoms with Gasteiger partial charge in [-0.15, -0.1) is 11.3 Å². The molecule has 1 amide bonds. The van der Waals surface area contributed by atoms with Gasteiger partial charge < -0.3 is 5.32 Å². The summed E-state index contributed by atoms with van der Waals surface area (Å²) in [5.41, 5.74) is 2.59. The van der Waals surface area contributed by atoms with Crippen molar-refractivity contribution < 1.29 is 9.18 Å². The number of rotatable bonds is 5. The van der Waals surface area contributed by atoms with E-state index in [0.29, 0.717) is 18.0 Å². The van der Waals surface area contributed by atoms with Gasteiger partial charge in [-0.25, -0.2) is 9.07 Å². The molecule has 4 nitrogen and oxygen atoms in total. The summed E-state index contributed by atoms with van der Waals surface area (Å²) in [5, 5.41) is 8.35. The summed E-state index contributed by atoms with van der Waals surface area (Å²) in [5.74, 6) is 0.0201. The van der Waals surface area contributed by atoms with Gasteiger partial charge in [0.2, 0.25) is 0 Å². The Kier molecular flexibility index (Phi) is 4.20. The molecule has 5 rings (SSSR count). The number of thiophene rings is 1. The van der Waals surface area contributed by atoms with Crippen molar-refractivity contribution in [2.45, 2.75) is 25.3 Å². The molecule has 0 aliphatic heterocycles. The van der Waals surface area contributed by atoms with Crippen molar-refractivity contribution in [1.82, 2.24) is 15.1 Å². The third kappa shape index (κ3) is 3.20. The molecule has 0 spiro atoms. The minimum atomic E-state index is -0.247. The second-order valence-corrected chi connectivity index (χ2v) is 8.21. The number of carbonyl (C=O) groups is 1. The zero-order chi connectivity index (χ0) is 19.1.